The minimum atomic E-state index is -0.237. The van der Waals surface area contributed by atoms with Crippen LogP contribution in [0.4, 0.5) is 5.69 Å². The van der Waals surface area contributed by atoms with Crippen LogP contribution in [-0.2, 0) is 11.3 Å². The molecule has 2 saturated carbocycles. The van der Waals surface area contributed by atoms with E-state index in [1.807, 2.05) is 11.8 Å². The van der Waals surface area contributed by atoms with E-state index < -0.39 is 0 Å². The summed E-state index contributed by atoms with van der Waals surface area (Å²) in [5.74, 6) is 2.10. The molecule has 170 valence electrons. The van der Waals surface area contributed by atoms with Crippen LogP contribution >= 0.6 is 39.0 Å². The number of aromatic nitrogens is 1. The first kappa shape index (κ1) is 21.5. The molecule has 33 heavy (non-hydrogen) atoms. The third-order valence-electron chi connectivity index (χ3n) is 7.37. The van der Waals surface area contributed by atoms with Gasteiger partial charge < -0.3 is 10.4 Å². The van der Waals surface area contributed by atoms with Crippen molar-refractivity contribution in [3.05, 3.63) is 73.1 Å². The van der Waals surface area contributed by atoms with Gasteiger partial charge in [-0.3, -0.25) is 14.2 Å². The van der Waals surface area contributed by atoms with E-state index in [0.717, 1.165) is 20.3 Å². The van der Waals surface area contributed by atoms with E-state index in [-0.39, 0.29) is 29.0 Å². The summed E-state index contributed by atoms with van der Waals surface area (Å²) >= 11 is 6.70. The number of phenolic OH excluding ortho intramolecular Hbond substituents is 1. The Balaban J connectivity index is 1.36. The number of nitrogens with one attached hydrogen (secondary N) is 1. The predicted molar refractivity (Wildman–Crippen MR) is 135 cm³/mol. The van der Waals surface area contributed by atoms with E-state index in [0.29, 0.717) is 22.8 Å². The molecule has 5 nitrogen and oxygen atoms in total. The third kappa shape index (κ3) is 3.76. The molecule has 2 aromatic carbocycles. The molecule has 5 atom stereocenters. The molecule has 2 bridgehead atoms. The van der Waals surface area contributed by atoms with Crippen molar-refractivity contribution in [2.24, 2.45) is 17.8 Å². The fourth-order valence-corrected chi connectivity index (χ4v) is 9.43. The summed E-state index contributed by atoms with van der Waals surface area (Å²) in [6.07, 6.45) is 3.85. The molecule has 2 heterocycles. The number of carbonyl (C=O) groups is 1. The van der Waals surface area contributed by atoms with Crippen molar-refractivity contribution >= 4 is 50.6 Å². The van der Waals surface area contributed by atoms with Crippen LogP contribution in [0.15, 0.2) is 62.8 Å². The largest absolute Gasteiger partial charge is 0.508 e. The number of anilines is 1. The zero-order valence-electron chi connectivity index (χ0n) is 17.7. The van der Waals surface area contributed by atoms with Gasteiger partial charge in [-0.05, 0) is 79.0 Å². The second-order valence-corrected chi connectivity index (χ2v) is 12.3. The summed E-state index contributed by atoms with van der Waals surface area (Å²) in [7, 11) is 0. The Morgan fingerprint density at radius 1 is 1.09 bits per heavy atom. The first-order chi connectivity index (χ1) is 16.0. The van der Waals surface area contributed by atoms with Crippen molar-refractivity contribution in [2.75, 3.05) is 5.32 Å². The maximum atomic E-state index is 13.1. The lowest BCUT2D eigenvalue weighted by atomic mass is 9.75. The highest BCUT2D eigenvalue weighted by Gasteiger charge is 2.55. The Bertz CT molecular complexity index is 1270. The van der Waals surface area contributed by atoms with Crippen LogP contribution in [0.1, 0.15) is 35.6 Å². The van der Waals surface area contributed by atoms with Gasteiger partial charge in [0.1, 0.15) is 12.3 Å². The van der Waals surface area contributed by atoms with Gasteiger partial charge >= 0.3 is 4.87 Å². The van der Waals surface area contributed by atoms with Gasteiger partial charge in [-0.1, -0.05) is 39.4 Å². The van der Waals surface area contributed by atoms with Crippen LogP contribution in [0, 0.1) is 17.8 Å². The Labute approximate surface area is 208 Å². The standard InChI is InChI=1S/C25H23BrN2O3S2/c26-16-5-3-13(4-6-16)20-21-14-1-2-15(11-14)22(21)32-24-23(20)33-25(31)28(24)12-19(30)27-17-7-9-18(29)10-8-17/h3-10,14-15,20-22,29H,1-2,11-12H2,(H,27,30)/t14?,15?,20-,21?,22?/m1/s1. The van der Waals surface area contributed by atoms with Gasteiger partial charge in [0.2, 0.25) is 5.91 Å². The number of aromatic hydroxyl groups is 1. The molecule has 2 aliphatic carbocycles. The van der Waals surface area contributed by atoms with Crippen molar-refractivity contribution in [3.63, 3.8) is 0 Å². The highest BCUT2D eigenvalue weighted by molar-refractivity contribution is 9.10. The minimum Gasteiger partial charge on any atom is -0.508 e. The number of rotatable bonds is 4. The van der Waals surface area contributed by atoms with Crippen LogP contribution in [0.5, 0.6) is 5.75 Å². The Hall–Kier alpha value is -2.03. The molecule has 2 fully saturated rings. The molecule has 3 aromatic rings. The highest BCUT2D eigenvalue weighted by atomic mass is 79.9. The molecule has 0 spiro atoms. The lowest BCUT2D eigenvalue weighted by Gasteiger charge is -2.40. The van der Waals surface area contributed by atoms with Crippen LogP contribution in [0.25, 0.3) is 0 Å². The lowest BCUT2D eigenvalue weighted by molar-refractivity contribution is -0.116. The molecule has 1 aromatic heterocycles. The average molecular weight is 544 g/mol. The molecule has 4 unspecified atom stereocenters. The average Bonchev–Trinajstić information content (AvgIpc) is 3.49. The van der Waals surface area contributed by atoms with E-state index in [1.54, 1.807) is 16.7 Å². The van der Waals surface area contributed by atoms with Crippen LogP contribution in [0.2, 0.25) is 0 Å². The third-order valence-corrected chi connectivity index (χ3v) is 10.7. The molecule has 1 aliphatic heterocycles. The van der Waals surface area contributed by atoms with Crippen molar-refractivity contribution in [1.82, 2.24) is 4.57 Å². The molecular weight excluding hydrogens is 520 g/mol. The van der Waals surface area contributed by atoms with Gasteiger partial charge in [0.25, 0.3) is 0 Å². The quantitative estimate of drug-likeness (QED) is 0.416. The van der Waals surface area contributed by atoms with Gasteiger partial charge in [-0.15, -0.1) is 11.8 Å². The molecule has 1 amide bonds. The van der Waals surface area contributed by atoms with E-state index in [4.69, 9.17) is 0 Å². The Kier molecular flexibility index (Phi) is 5.42. The molecule has 6 rings (SSSR count). The predicted octanol–water partition coefficient (Wildman–Crippen LogP) is 5.67. The van der Waals surface area contributed by atoms with E-state index >= 15 is 0 Å². The first-order valence-electron chi connectivity index (χ1n) is 11.2. The minimum absolute atomic E-state index is 0.00289. The van der Waals surface area contributed by atoms with Gasteiger partial charge in [0.15, 0.2) is 0 Å². The monoisotopic (exact) mass is 542 g/mol. The summed E-state index contributed by atoms with van der Waals surface area (Å²) in [6, 6.07) is 14.9. The summed E-state index contributed by atoms with van der Waals surface area (Å²) < 4.78 is 2.73. The van der Waals surface area contributed by atoms with Gasteiger partial charge in [0, 0.05) is 26.2 Å². The normalized spacial score (nSPS) is 27.2. The number of fused-ring (bicyclic) bond motifs is 6. The fourth-order valence-electron chi connectivity index (χ4n) is 6.02. The van der Waals surface area contributed by atoms with Gasteiger partial charge in [-0.25, -0.2) is 0 Å². The van der Waals surface area contributed by atoms with Crippen molar-refractivity contribution in [2.45, 2.75) is 42.0 Å². The summed E-state index contributed by atoms with van der Waals surface area (Å²) in [5, 5.41) is 13.8. The topological polar surface area (TPSA) is 71.3 Å². The number of thiazole rings is 1. The smallest absolute Gasteiger partial charge is 0.308 e. The van der Waals surface area contributed by atoms with E-state index in [2.05, 4.69) is 45.5 Å². The maximum absolute atomic E-state index is 13.1. The number of thioether (sulfide) groups is 1. The maximum Gasteiger partial charge on any atom is 0.308 e. The molecule has 0 saturated heterocycles. The van der Waals surface area contributed by atoms with Crippen molar-refractivity contribution in [1.29, 1.82) is 0 Å². The number of amides is 1. The zero-order chi connectivity index (χ0) is 22.7. The lowest BCUT2D eigenvalue weighted by Crippen LogP contribution is -2.34. The Morgan fingerprint density at radius 3 is 2.58 bits per heavy atom. The summed E-state index contributed by atoms with van der Waals surface area (Å²) in [5.41, 5.74) is 1.87. The molecule has 2 N–H and O–H groups in total. The first-order valence-corrected chi connectivity index (χ1v) is 13.7. The molecule has 8 heteroatoms. The number of halogens is 1. The highest BCUT2D eigenvalue weighted by Crippen LogP contribution is 2.64. The second kappa shape index (κ2) is 8.32. The molecule has 3 aliphatic rings. The molecule has 0 radical (unpaired) electrons. The Morgan fingerprint density at radius 2 is 1.82 bits per heavy atom. The summed E-state index contributed by atoms with van der Waals surface area (Å²) in [4.78, 5) is 27.0. The van der Waals surface area contributed by atoms with Gasteiger partial charge in [0.05, 0.1) is 5.03 Å². The number of nitrogens with zero attached hydrogens (tertiary/aromatic N) is 1. The second-order valence-electron chi connectivity index (χ2n) is 9.24. The van der Waals surface area contributed by atoms with Crippen LogP contribution in [0.3, 0.4) is 0 Å². The SMILES string of the molecule is O=C(Cn1c2c(sc1=O)[C@H](c1ccc(Br)cc1)C1C3CCC(C3)C1S2)Nc1ccc(O)cc1. The van der Waals surface area contributed by atoms with Crippen molar-refractivity contribution < 1.29 is 9.90 Å². The number of hydrogen-bond acceptors (Lipinski definition) is 5. The van der Waals surface area contributed by atoms with Gasteiger partial charge in [-0.2, -0.15) is 0 Å². The van der Waals surface area contributed by atoms with Crippen LogP contribution in [-0.4, -0.2) is 20.8 Å². The number of hydrogen-bond donors (Lipinski definition) is 2. The summed E-state index contributed by atoms with van der Waals surface area (Å²) in [6.45, 7) is -0.00289. The van der Waals surface area contributed by atoms with E-state index in [1.165, 1.54) is 48.3 Å². The van der Waals surface area contributed by atoms with E-state index in [9.17, 15) is 14.7 Å². The van der Waals surface area contributed by atoms with Crippen molar-refractivity contribution in [3.8, 4) is 5.75 Å². The van der Waals surface area contributed by atoms with Crippen LogP contribution < -0.4 is 10.2 Å². The zero-order valence-corrected chi connectivity index (χ0v) is 21.0. The number of carbonyl (C=O) groups excluding carboxylic acids is 1. The fraction of sp³-hybridized carbons (Fsp3) is 0.360. The number of benzene rings is 2. The molecular formula is C25H23BrN2O3S2. The number of phenols is 1.